The fourth-order valence-electron chi connectivity index (χ4n) is 1.96. The van der Waals surface area contributed by atoms with E-state index in [1.807, 2.05) is 0 Å². The maximum Gasteiger partial charge on any atom is 0.0590 e. The molecule has 0 spiro atoms. The van der Waals surface area contributed by atoms with Crippen LogP contribution in [0.1, 0.15) is 39.5 Å². The molecule has 0 radical (unpaired) electrons. The lowest BCUT2D eigenvalue weighted by Crippen LogP contribution is -2.34. The largest absolute Gasteiger partial charge is 0.378 e. The van der Waals surface area contributed by atoms with Crippen molar-refractivity contribution in [3.63, 3.8) is 0 Å². The lowest BCUT2D eigenvalue weighted by molar-refractivity contribution is 0.0984. The van der Waals surface area contributed by atoms with Crippen LogP contribution in [0.3, 0.4) is 0 Å². The molecule has 3 unspecified atom stereocenters. The Balaban J connectivity index is 2.25. The molecular formula is C10H21NO. The topological polar surface area (TPSA) is 35.2 Å². The first-order chi connectivity index (χ1) is 5.75. The third-order valence-electron chi connectivity index (χ3n) is 2.88. The van der Waals surface area contributed by atoms with Gasteiger partial charge < -0.3 is 10.5 Å². The molecule has 12 heavy (non-hydrogen) atoms. The average molecular weight is 171 g/mol. The van der Waals surface area contributed by atoms with Gasteiger partial charge >= 0.3 is 0 Å². The molecular weight excluding hydrogens is 150 g/mol. The second-order valence-electron chi connectivity index (χ2n) is 3.83. The van der Waals surface area contributed by atoms with Gasteiger partial charge in [0.1, 0.15) is 0 Å². The molecule has 1 aliphatic heterocycles. The Labute approximate surface area is 75.5 Å². The van der Waals surface area contributed by atoms with Crippen molar-refractivity contribution in [1.82, 2.24) is 0 Å². The minimum Gasteiger partial charge on any atom is -0.378 e. The zero-order chi connectivity index (χ0) is 8.97. The summed E-state index contributed by atoms with van der Waals surface area (Å²) in [5.41, 5.74) is 6.08. The number of ether oxygens (including phenoxy) is 1. The summed E-state index contributed by atoms with van der Waals surface area (Å²) < 4.78 is 5.49. The molecule has 3 atom stereocenters. The Morgan fingerprint density at radius 3 is 2.83 bits per heavy atom. The lowest BCUT2D eigenvalue weighted by Gasteiger charge is -2.21. The van der Waals surface area contributed by atoms with Crippen molar-refractivity contribution in [1.29, 1.82) is 0 Å². The second kappa shape index (κ2) is 4.83. The van der Waals surface area contributed by atoms with Crippen LogP contribution in [0.5, 0.6) is 0 Å². The van der Waals surface area contributed by atoms with E-state index < -0.39 is 0 Å². The molecule has 0 aromatic heterocycles. The van der Waals surface area contributed by atoms with Crippen LogP contribution in [0.4, 0.5) is 0 Å². The Bertz CT molecular complexity index is 127. The fraction of sp³-hybridized carbons (Fsp3) is 1.00. The van der Waals surface area contributed by atoms with Gasteiger partial charge in [-0.3, -0.25) is 0 Å². The SMILES string of the molecule is CCCCC(N)C1CCOC1C. The summed E-state index contributed by atoms with van der Waals surface area (Å²) in [6.45, 7) is 5.26. The maximum atomic E-state index is 6.08. The summed E-state index contributed by atoms with van der Waals surface area (Å²) >= 11 is 0. The Morgan fingerprint density at radius 2 is 2.33 bits per heavy atom. The zero-order valence-electron chi connectivity index (χ0n) is 8.25. The molecule has 1 heterocycles. The molecule has 0 bridgehead atoms. The second-order valence-corrected chi connectivity index (χ2v) is 3.83. The minimum atomic E-state index is 0.363. The van der Waals surface area contributed by atoms with Crippen molar-refractivity contribution in [3.8, 4) is 0 Å². The smallest absolute Gasteiger partial charge is 0.0590 e. The van der Waals surface area contributed by atoms with E-state index in [1.165, 1.54) is 12.8 Å². The van der Waals surface area contributed by atoms with Crippen LogP contribution >= 0.6 is 0 Å². The van der Waals surface area contributed by atoms with E-state index in [0.29, 0.717) is 18.1 Å². The summed E-state index contributed by atoms with van der Waals surface area (Å²) in [4.78, 5) is 0. The Kier molecular flexibility index (Phi) is 4.02. The van der Waals surface area contributed by atoms with Crippen molar-refractivity contribution in [2.24, 2.45) is 11.7 Å². The lowest BCUT2D eigenvalue weighted by atomic mass is 9.91. The molecule has 0 amide bonds. The van der Waals surface area contributed by atoms with Crippen LogP contribution in [0.2, 0.25) is 0 Å². The van der Waals surface area contributed by atoms with E-state index >= 15 is 0 Å². The highest BCUT2D eigenvalue weighted by Gasteiger charge is 2.28. The van der Waals surface area contributed by atoms with E-state index in [0.717, 1.165) is 19.4 Å². The predicted molar refractivity (Wildman–Crippen MR) is 51.0 cm³/mol. The van der Waals surface area contributed by atoms with Gasteiger partial charge in [-0.1, -0.05) is 19.8 Å². The van der Waals surface area contributed by atoms with Crippen molar-refractivity contribution in [3.05, 3.63) is 0 Å². The van der Waals surface area contributed by atoms with Crippen LogP contribution in [0, 0.1) is 5.92 Å². The number of hydrogen-bond donors (Lipinski definition) is 1. The highest BCUT2D eigenvalue weighted by molar-refractivity contribution is 4.81. The van der Waals surface area contributed by atoms with Gasteiger partial charge in [-0.05, 0) is 19.8 Å². The summed E-state index contributed by atoms with van der Waals surface area (Å²) in [7, 11) is 0. The highest BCUT2D eigenvalue weighted by Crippen LogP contribution is 2.24. The molecule has 72 valence electrons. The van der Waals surface area contributed by atoms with Gasteiger partial charge in [0.15, 0.2) is 0 Å². The van der Waals surface area contributed by atoms with Gasteiger partial charge in [0, 0.05) is 18.6 Å². The van der Waals surface area contributed by atoms with Crippen LogP contribution in [0.15, 0.2) is 0 Å². The zero-order valence-corrected chi connectivity index (χ0v) is 8.25. The summed E-state index contributed by atoms with van der Waals surface area (Å²) in [6.07, 6.45) is 5.21. The third-order valence-corrected chi connectivity index (χ3v) is 2.88. The van der Waals surface area contributed by atoms with Crippen molar-refractivity contribution in [2.45, 2.75) is 51.7 Å². The van der Waals surface area contributed by atoms with Crippen LogP contribution in [-0.2, 0) is 4.74 Å². The maximum absolute atomic E-state index is 6.08. The molecule has 1 fully saturated rings. The van der Waals surface area contributed by atoms with Gasteiger partial charge in [0.05, 0.1) is 6.10 Å². The van der Waals surface area contributed by atoms with Gasteiger partial charge in [0.2, 0.25) is 0 Å². The standard InChI is InChI=1S/C10H21NO/c1-3-4-5-10(11)9-6-7-12-8(9)2/h8-10H,3-7,11H2,1-2H3. The van der Waals surface area contributed by atoms with E-state index in [9.17, 15) is 0 Å². The predicted octanol–water partition coefficient (Wildman–Crippen LogP) is 1.93. The molecule has 2 heteroatoms. The van der Waals surface area contributed by atoms with E-state index in [-0.39, 0.29) is 0 Å². The quantitative estimate of drug-likeness (QED) is 0.701. The van der Waals surface area contributed by atoms with Gasteiger partial charge in [-0.2, -0.15) is 0 Å². The average Bonchev–Trinajstić information content (AvgIpc) is 2.47. The van der Waals surface area contributed by atoms with Crippen molar-refractivity contribution >= 4 is 0 Å². The molecule has 1 saturated heterocycles. The van der Waals surface area contributed by atoms with E-state index in [1.54, 1.807) is 0 Å². The molecule has 0 aromatic carbocycles. The normalized spacial score (nSPS) is 32.2. The molecule has 1 rings (SSSR count). The highest BCUT2D eigenvalue weighted by atomic mass is 16.5. The van der Waals surface area contributed by atoms with Crippen molar-refractivity contribution in [2.75, 3.05) is 6.61 Å². The first-order valence-electron chi connectivity index (χ1n) is 5.13. The number of unbranched alkanes of at least 4 members (excludes halogenated alkanes) is 1. The molecule has 1 aliphatic rings. The Morgan fingerprint density at radius 1 is 1.58 bits per heavy atom. The third kappa shape index (κ3) is 2.46. The molecule has 2 nitrogen and oxygen atoms in total. The summed E-state index contributed by atoms with van der Waals surface area (Å²) in [5, 5.41) is 0. The molecule has 0 aromatic rings. The Hall–Kier alpha value is -0.0800. The first-order valence-corrected chi connectivity index (χ1v) is 5.13. The number of rotatable bonds is 4. The molecule has 0 saturated carbocycles. The summed E-state index contributed by atoms with van der Waals surface area (Å²) in [5.74, 6) is 0.608. The molecule has 2 N–H and O–H groups in total. The number of nitrogens with two attached hydrogens (primary N) is 1. The van der Waals surface area contributed by atoms with Crippen LogP contribution in [0.25, 0.3) is 0 Å². The van der Waals surface area contributed by atoms with E-state index in [2.05, 4.69) is 13.8 Å². The van der Waals surface area contributed by atoms with Crippen LogP contribution < -0.4 is 5.73 Å². The van der Waals surface area contributed by atoms with Gasteiger partial charge in [-0.15, -0.1) is 0 Å². The summed E-state index contributed by atoms with van der Waals surface area (Å²) in [6, 6.07) is 0.363. The fourth-order valence-corrected chi connectivity index (χ4v) is 1.96. The molecule has 0 aliphatic carbocycles. The van der Waals surface area contributed by atoms with Crippen molar-refractivity contribution < 1.29 is 4.74 Å². The van der Waals surface area contributed by atoms with E-state index in [4.69, 9.17) is 10.5 Å². The number of hydrogen-bond acceptors (Lipinski definition) is 2. The minimum absolute atomic E-state index is 0.363. The first kappa shape index (κ1) is 10.0. The van der Waals surface area contributed by atoms with Crippen LogP contribution in [-0.4, -0.2) is 18.8 Å². The monoisotopic (exact) mass is 171 g/mol. The van der Waals surface area contributed by atoms with Gasteiger partial charge in [-0.25, -0.2) is 0 Å². The van der Waals surface area contributed by atoms with Gasteiger partial charge in [0.25, 0.3) is 0 Å².